The Balaban J connectivity index is 1.22. The van der Waals surface area contributed by atoms with Crippen LogP contribution in [0.4, 0.5) is 10.6 Å². The van der Waals surface area contributed by atoms with E-state index in [0.717, 1.165) is 60.2 Å². The van der Waals surface area contributed by atoms with E-state index in [1.54, 1.807) is 10.8 Å². The van der Waals surface area contributed by atoms with E-state index in [2.05, 4.69) is 37.7 Å². The van der Waals surface area contributed by atoms with Crippen LogP contribution in [0.1, 0.15) is 36.7 Å². The molecule has 3 aromatic heterocycles. The standard InChI is InChI=1S/C23H23N7O2/c1-23(6-7-23)19-11-20(29-28-19)27-22(31)30-9-5-14-10-15(2-3-18(14)30)32-21-16-4-8-24-12-17(16)25-13-26-21/h2-3,5,9-11,13,24H,4,6-8,12H2,1H3,(H2,27,28,29,31). The Kier molecular flexibility index (Phi) is 4.25. The molecule has 1 aliphatic heterocycles. The molecule has 4 heterocycles. The van der Waals surface area contributed by atoms with Crippen molar-refractivity contribution in [2.24, 2.45) is 0 Å². The van der Waals surface area contributed by atoms with Gasteiger partial charge in [-0.2, -0.15) is 5.10 Å². The highest BCUT2D eigenvalue weighted by Crippen LogP contribution is 2.47. The lowest BCUT2D eigenvalue weighted by molar-refractivity contribution is 0.254. The van der Waals surface area contributed by atoms with Crippen molar-refractivity contribution in [1.29, 1.82) is 0 Å². The summed E-state index contributed by atoms with van der Waals surface area (Å²) >= 11 is 0. The molecule has 2 aliphatic rings. The van der Waals surface area contributed by atoms with Crippen molar-refractivity contribution in [3.05, 3.63) is 59.8 Å². The summed E-state index contributed by atoms with van der Waals surface area (Å²) in [5.74, 6) is 1.86. The first-order valence-electron chi connectivity index (χ1n) is 10.8. The van der Waals surface area contributed by atoms with Crippen molar-refractivity contribution in [3.63, 3.8) is 0 Å². The summed E-state index contributed by atoms with van der Waals surface area (Å²) in [6.07, 6.45) is 6.38. The summed E-state index contributed by atoms with van der Waals surface area (Å²) in [5, 5.41) is 14.4. The van der Waals surface area contributed by atoms with Crippen LogP contribution in [0.2, 0.25) is 0 Å². The molecular weight excluding hydrogens is 406 g/mol. The van der Waals surface area contributed by atoms with Crippen LogP contribution in [-0.2, 0) is 18.4 Å². The van der Waals surface area contributed by atoms with Gasteiger partial charge in [0.15, 0.2) is 0 Å². The molecule has 32 heavy (non-hydrogen) atoms. The number of amides is 1. The highest BCUT2D eigenvalue weighted by Gasteiger charge is 2.41. The summed E-state index contributed by atoms with van der Waals surface area (Å²) < 4.78 is 7.67. The minimum absolute atomic E-state index is 0.148. The normalized spacial score (nSPS) is 16.5. The van der Waals surface area contributed by atoms with Crippen molar-refractivity contribution in [3.8, 4) is 11.6 Å². The highest BCUT2D eigenvalue weighted by molar-refractivity contribution is 5.98. The molecule has 4 aromatic rings. The monoisotopic (exact) mass is 429 g/mol. The quantitative estimate of drug-likeness (QED) is 0.456. The Morgan fingerprint density at radius 2 is 2.12 bits per heavy atom. The topological polar surface area (TPSA) is 110 Å². The van der Waals surface area contributed by atoms with Crippen LogP contribution in [0, 0.1) is 0 Å². The van der Waals surface area contributed by atoms with Crippen molar-refractivity contribution in [2.75, 3.05) is 11.9 Å². The number of fused-ring (bicyclic) bond motifs is 2. The van der Waals surface area contributed by atoms with E-state index in [-0.39, 0.29) is 11.4 Å². The minimum atomic E-state index is -0.248. The second kappa shape index (κ2) is 7.16. The first-order chi connectivity index (χ1) is 15.6. The molecule has 0 spiro atoms. The van der Waals surface area contributed by atoms with Gasteiger partial charge in [0, 0.05) is 35.2 Å². The van der Waals surface area contributed by atoms with Crippen molar-refractivity contribution in [2.45, 2.75) is 38.1 Å². The first kappa shape index (κ1) is 19.0. The zero-order chi connectivity index (χ0) is 21.7. The number of carbonyl (C=O) groups excluding carboxylic acids is 1. The number of rotatable bonds is 4. The number of hydrogen-bond acceptors (Lipinski definition) is 6. The number of aromatic amines is 1. The van der Waals surface area contributed by atoms with Crippen LogP contribution >= 0.6 is 0 Å². The molecule has 1 saturated carbocycles. The molecule has 1 amide bonds. The molecular formula is C23H23N7O2. The Morgan fingerprint density at radius 1 is 1.22 bits per heavy atom. The van der Waals surface area contributed by atoms with Crippen molar-refractivity contribution in [1.82, 2.24) is 30.0 Å². The molecule has 1 aromatic carbocycles. The smallest absolute Gasteiger partial charge is 0.331 e. The number of anilines is 1. The van der Waals surface area contributed by atoms with E-state index >= 15 is 0 Å². The third-order valence-corrected chi connectivity index (χ3v) is 6.37. The van der Waals surface area contributed by atoms with Crippen LogP contribution in [0.3, 0.4) is 0 Å². The van der Waals surface area contributed by atoms with E-state index in [1.807, 2.05) is 30.3 Å². The molecule has 9 heteroatoms. The van der Waals surface area contributed by atoms with Crippen molar-refractivity contribution < 1.29 is 9.53 Å². The first-order valence-corrected chi connectivity index (χ1v) is 10.8. The van der Waals surface area contributed by atoms with Gasteiger partial charge in [0.1, 0.15) is 17.9 Å². The van der Waals surface area contributed by atoms with Gasteiger partial charge >= 0.3 is 6.03 Å². The summed E-state index contributed by atoms with van der Waals surface area (Å²) in [7, 11) is 0. The Bertz CT molecular complexity index is 1340. The van der Waals surface area contributed by atoms with E-state index < -0.39 is 0 Å². The maximum atomic E-state index is 12.9. The summed E-state index contributed by atoms with van der Waals surface area (Å²) in [4.78, 5) is 21.5. The number of benzene rings is 1. The third kappa shape index (κ3) is 3.31. The molecule has 0 radical (unpaired) electrons. The lowest BCUT2D eigenvalue weighted by atomic mass is 10.1. The maximum Gasteiger partial charge on any atom is 0.331 e. The summed E-state index contributed by atoms with van der Waals surface area (Å²) in [5.41, 5.74) is 3.95. The second-order valence-electron chi connectivity index (χ2n) is 8.70. The van der Waals surface area contributed by atoms with Gasteiger partial charge in [0.25, 0.3) is 0 Å². The average molecular weight is 429 g/mol. The van der Waals surface area contributed by atoms with Gasteiger partial charge in [0.2, 0.25) is 5.88 Å². The zero-order valence-corrected chi connectivity index (χ0v) is 17.7. The van der Waals surface area contributed by atoms with Gasteiger partial charge in [-0.25, -0.2) is 14.8 Å². The number of carbonyl (C=O) groups is 1. The number of aromatic nitrogens is 5. The van der Waals surface area contributed by atoms with Crippen LogP contribution in [0.5, 0.6) is 11.6 Å². The van der Waals surface area contributed by atoms with E-state index in [1.165, 1.54) is 6.33 Å². The molecule has 3 N–H and O–H groups in total. The van der Waals surface area contributed by atoms with Gasteiger partial charge in [-0.1, -0.05) is 6.92 Å². The molecule has 0 saturated heterocycles. The van der Waals surface area contributed by atoms with E-state index in [4.69, 9.17) is 4.74 Å². The fraction of sp³-hybridized carbons (Fsp3) is 0.304. The van der Waals surface area contributed by atoms with Crippen LogP contribution in [-0.4, -0.2) is 37.3 Å². The van der Waals surface area contributed by atoms with Gasteiger partial charge in [-0.05, 0) is 50.1 Å². The fourth-order valence-corrected chi connectivity index (χ4v) is 4.13. The largest absolute Gasteiger partial charge is 0.439 e. The molecule has 0 atom stereocenters. The molecule has 9 nitrogen and oxygen atoms in total. The zero-order valence-electron chi connectivity index (χ0n) is 17.7. The maximum absolute atomic E-state index is 12.9. The molecule has 0 unspecified atom stereocenters. The molecule has 162 valence electrons. The molecule has 0 bridgehead atoms. The van der Waals surface area contributed by atoms with Gasteiger partial charge in [-0.15, -0.1) is 0 Å². The van der Waals surface area contributed by atoms with Crippen LogP contribution < -0.4 is 15.4 Å². The predicted molar refractivity (Wildman–Crippen MR) is 119 cm³/mol. The van der Waals surface area contributed by atoms with Crippen molar-refractivity contribution >= 4 is 22.8 Å². The molecule has 1 aliphatic carbocycles. The van der Waals surface area contributed by atoms with Crippen LogP contribution in [0.25, 0.3) is 10.9 Å². The number of ether oxygens (including phenoxy) is 1. The fourth-order valence-electron chi connectivity index (χ4n) is 4.13. The second-order valence-corrected chi connectivity index (χ2v) is 8.70. The van der Waals surface area contributed by atoms with Crippen LogP contribution in [0.15, 0.2) is 42.9 Å². The van der Waals surface area contributed by atoms with E-state index in [0.29, 0.717) is 17.4 Å². The lowest BCUT2D eigenvalue weighted by Crippen LogP contribution is -2.25. The number of nitrogens with one attached hydrogen (secondary N) is 3. The third-order valence-electron chi connectivity index (χ3n) is 6.37. The predicted octanol–water partition coefficient (Wildman–Crippen LogP) is 3.72. The highest BCUT2D eigenvalue weighted by atomic mass is 16.5. The number of hydrogen-bond donors (Lipinski definition) is 3. The average Bonchev–Trinajstić information content (AvgIpc) is 3.20. The number of nitrogens with zero attached hydrogens (tertiary/aromatic N) is 4. The Morgan fingerprint density at radius 3 is 3.00 bits per heavy atom. The molecule has 6 rings (SSSR count). The lowest BCUT2D eigenvalue weighted by Gasteiger charge is -2.18. The van der Waals surface area contributed by atoms with E-state index in [9.17, 15) is 4.79 Å². The minimum Gasteiger partial charge on any atom is -0.439 e. The van der Waals surface area contributed by atoms with Gasteiger partial charge < -0.3 is 10.1 Å². The summed E-state index contributed by atoms with van der Waals surface area (Å²) in [6.45, 7) is 3.79. The van der Waals surface area contributed by atoms with Gasteiger partial charge in [-0.3, -0.25) is 15.0 Å². The summed E-state index contributed by atoms with van der Waals surface area (Å²) in [6, 6.07) is 9.21. The SMILES string of the molecule is CC1(c2cc(NC(=O)n3ccc4cc(Oc5ncnc6c5CCNC6)ccc43)[nH]n2)CC1. The number of H-pyrrole nitrogens is 1. The Hall–Kier alpha value is -3.72. The Labute approximate surface area is 184 Å². The molecule has 1 fully saturated rings. The van der Waals surface area contributed by atoms with Gasteiger partial charge in [0.05, 0.1) is 16.9 Å².